The van der Waals surface area contributed by atoms with Crippen LogP contribution >= 0.6 is 0 Å². The van der Waals surface area contributed by atoms with Crippen LogP contribution in [-0.2, 0) is 4.74 Å². The quantitative estimate of drug-likeness (QED) is 0.691. The zero-order valence-electron chi connectivity index (χ0n) is 13.7. The third-order valence-corrected chi connectivity index (χ3v) is 4.41. The molecule has 1 aromatic heterocycles. The fraction of sp³-hybridized carbons (Fsp3) is 0.263. The van der Waals surface area contributed by atoms with Crippen LogP contribution in [0.1, 0.15) is 41.0 Å². The van der Waals surface area contributed by atoms with Gasteiger partial charge in [0, 0.05) is 16.3 Å². The van der Waals surface area contributed by atoms with E-state index in [2.05, 4.69) is 4.98 Å². The molecule has 1 aliphatic heterocycles. The van der Waals surface area contributed by atoms with E-state index in [4.69, 9.17) is 9.47 Å². The smallest absolute Gasteiger partial charge is 0.337 e. The molecule has 2 aromatic carbocycles. The van der Waals surface area contributed by atoms with E-state index in [1.54, 1.807) is 12.1 Å². The number of rotatable bonds is 1. The Bertz CT molecular complexity index is 1010. The van der Waals surface area contributed by atoms with Gasteiger partial charge in [0.2, 0.25) is 0 Å². The Labute approximate surface area is 138 Å². The molecule has 0 unspecified atom stereocenters. The molecule has 0 atom stereocenters. The zero-order chi connectivity index (χ0) is 17.1. The highest BCUT2D eigenvalue weighted by Gasteiger charge is 2.34. The normalized spacial score (nSPS) is 16.0. The number of aromatic amines is 1. The Morgan fingerprint density at radius 1 is 1.21 bits per heavy atom. The maximum absolute atomic E-state index is 12.4. The molecule has 2 heterocycles. The average Bonchev–Trinajstić information content (AvgIpc) is 2.91. The molecule has 0 radical (unpaired) electrons. The molecular formula is C19H17NO4. The Morgan fingerprint density at radius 3 is 2.71 bits per heavy atom. The van der Waals surface area contributed by atoms with Crippen molar-refractivity contribution in [3.05, 3.63) is 41.5 Å². The van der Waals surface area contributed by atoms with Crippen LogP contribution in [0.25, 0.3) is 21.8 Å². The molecule has 4 rings (SSSR count). The van der Waals surface area contributed by atoms with Crippen molar-refractivity contribution in [2.24, 2.45) is 0 Å². The number of carbonyl (C=O) groups is 2. The first kappa shape index (κ1) is 14.8. The Hall–Kier alpha value is -2.82. The Kier molecular flexibility index (Phi) is 2.97. The third kappa shape index (κ3) is 2.08. The number of fused-ring (bicyclic) bond motifs is 5. The summed E-state index contributed by atoms with van der Waals surface area (Å²) in [6, 6.07) is 9.10. The van der Waals surface area contributed by atoms with Crippen LogP contribution in [-0.4, -0.2) is 29.4 Å². The number of ether oxygens (including phenoxy) is 2. The van der Waals surface area contributed by atoms with Gasteiger partial charge in [0.05, 0.1) is 30.2 Å². The molecule has 1 aliphatic rings. The topological polar surface area (TPSA) is 68.4 Å². The summed E-state index contributed by atoms with van der Waals surface area (Å²) in [5, 5.41) is 1.94. The molecule has 1 N–H and O–H groups in total. The molecule has 0 spiro atoms. The predicted octanol–water partition coefficient (Wildman–Crippen LogP) is 3.85. The van der Waals surface area contributed by atoms with Gasteiger partial charge in [-0.2, -0.15) is 0 Å². The summed E-state index contributed by atoms with van der Waals surface area (Å²) in [5.74, 6) is 0.284. The fourth-order valence-electron chi connectivity index (χ4n) is 3.31. The predicted molar refractivity (Wildman–Crippen MR) is 90.8 cm³/mol. The van der Waals surface area contributed by atoms with Crippen molar-refractivity contribution in [3.8, 4) is 5.75 Å². The van der Waals surface area contributed by atoms with E-state index in [0.29, 0.717) is 23.3 Å². The van der Waals surface area contributed by atoms with E-state index in [1.165, 1.54) is 7.11 Å². The number of benzene rings is 2. The van der Waals surface area contributed by atoms with E-state index < -0.39 is 5.60 Å². The number of methoxy groups -OCH3 is 1. The summed E-state index contributed by atoms with van der Waals surface area (Å²) in [6.45, 7) is 3.81. The molecule has 0 amide bonds. The lowest BCUT2D eigenvalue weighted by atomic mass is 9.92. The van der Waals surface area contributed by atoms with Gasteiger partial charge in [-0.15, -0.1) is 0 Å². The highest BCUT2D eigenvalue weighted by molar-refractivity contribution is 6.14. The zero-order valence-corrected chi connectivity index (χ0v) is 13.7. The van der Waals surface area contributed by atoms with Crippen LogP contribution in [0.5, 0.6) is 5.75 Å². The molecule has 0 bridgehead atoms. The number of nitrogens with one attached hydrogen (secondary N) is 1. The average molecular weight is 323 g/mol. The minimum absolute atomic E-state index is 0.0806. The number of aromatic nitrogens is 1. The van der Waals surface area contributed by atoms with E-state index in [1.807, 2.05) is 32.0 Å². The first-order chi connectivity index (χ1) is 11.4. The van der Waals surface area contributed by atoms with Gasteiger partial charge in [0.25, 0.3) is 0 Å². The van der Waals surface area contributed by atoms with Crippen molar-refractivity contribution in [2.75, 3.05) is 7.11 Å². The lowest BCUT2D eigenvalue weighted by molar-refractivity contribution is 0.0597. The van der Waals surface area contributed by atoms with Crippen molar-refractivity contribution < 1.29 is 19.1 Å². The van der Waals surface area contributed by atoms with Gasteiger partial charge < -0.3 is 14.5 Å². The molecular weight excluding hydrogens is 306 g/mol. The van der Waals surface area contributed by atoms with Crippen LogP contribution in [0.4, 0.5) is 0 Å². The lowest BCUT2D eigenvalue weighted by Gasteiger charge is -2.31. The van der Waals surface area contributed by atoms with E-state index >= 15 is 0 Å². The van der Waals surface area contributed by atoms with Gasteiger partial charge in [0.1, 0.15) is 5.60 Å². The molecule has 5 heteroatoms. The minimum Gasteiger partial charge on any atom is -0.484 e. The van der Waals surface area contributed by atoms with Gasteiger partial charge in [-0.05, 0) is 32.0 Å². The summed E-state index contributed by atoms with van der Waals surface area (Å²) in [6.07, 6.45) is 0.359. The monoisotopic (exact) mass is 323 g/mol. The highest BCUT2D eigenvalue weighted by Crippen LogP contribution is 2.40. The highest BCUT2D eigenvalue weighted by atomic mass is 16.5. The summed E-state index contributed by atoms with van der Waals surface area (Å²) in [5.41, 5.74) is 2.13. The van der Waals surface area contributed by atoms with Gasteiger partial charge in [-0.25, -0.2) is 4.79 Å². The largest absolute Gasteiger partial charge is 0.484 e. The molecule has 122 valence electrons. The molecule has 3 aromatic rings. The van der Waals surface area contributed by atoms with Gasteiger partial charge >= 0.3 is 5.97 Å². The SMILES string of the molecule is COC(=O)c1ccc2c(c1)[nH]c1c3c(ccc12)C(=O)CC(C)(C)O3. The van der Waals surface area contributed by atoms with Crippen molar-refractivity contribution in [3.63, 3.8) is 0 Å². The molecule has 24 heavy (non-hydrogen) atoms. The Balaban J connectivity index is 1.99. The van der Waals surface area contributed by atoms with Gasteiger partial charge in [-0.3, -0.25) is 4.79 Å². The first-order valence-corrected chi connectivity index (χ1v) is 7.78. The van der Waals surface area contributed by atoms with Crippen LogP contribution in [0.3, 0.4) is 0 Å². The number of esters is 1. The second-order valence-electron chi connectivity index (χ2n) is 6.70. The Morgan fingerprint density at radius 2 is 1.96 bits per heavy atom. The number of hydrogen-bond donors (Lipinski definition) is 1. The number of ketones is 1. The van der Waals surface area contributed by atoms with E-state index in [9.17, 15) is 9.59 Å². The molecule has 0 aliphatic carbocycles. The number of H-pyrrole nitrogens is 1. The maximum Gasteiger partial charge on any atom is 0.337 e. The molecule has 5 nitrogen and oxygen atoms in total. The molecule has 0 saturated heterocycles. The minimum atomic E-state index is -0.535. The van der Waals surface area contributed by atoms with Crippen LogP contribution in [0.2, 0.25) is 0 Å². The van der Waals surface area contributed by atoms with Crippen molar-refractivity contribution in [1.29, 1.82) is 0 Å². The van der Waals surface area contributed by atoms with Crippen LogP contribution in [0, 0.1) is 0 Å². The summed E-state index contributed by atoms with van der Waals surface area (Å²) < 4.78 is 10.9. The number of hydrogen-bond acceptors (Lipinski definition) is 4. The van der Waals surface area contributed by atoms with E-state index in [-0.39, 0.29) is 11.8 Å². The van der Waals surface area contributed by atoms with Crippen molar-refractivity contribution in [2.45, 2.75) is 25.9 Å². The second-order valence-corrected chi connectivity index (χ2v) is 6.70. The summed E-state index contributed by atoms with van der Waals surface area (Å²) in [7, 11) is 1.36. The van der Waals surface area contributed by atoms with Gasteiger partial charge in [-0.1, -0.05) is 12.1 Å². The number of carbonyl (C=O) groups excluding carboxylic acids is 2. The van der Waals surface area contributed by atoms with Crippen molar-refractivity contribution in [1.82, 2.24) is 4.98 Å². The number of Topliss-reactive ketones (excluding diaryl/α,β-unsaturated/α-hetero) is 1. The summed E-state index contributed by atoms with van der Waals surface area (Å²) >= 11 is 0. The van der Waals surface area contributed by atoms with Crippen LogP contribution in [0.15, 0.2) is 30.3 Å². The standard InChI is InChI=1S/C19H17NO4/c1-19(2)9-15(21)13-7-6-12-11-5-4-10(18(22)23-3)8-14(11)20-16(12)17(13)24-19/h4-8,20H,9H2,1-3H3. The lowest BCUT2D eigenvalue weighted by Crippen LogP contribution is -2.35. The first-order valence-electron chi connectivity index (χ1n) is 7.78. The van der Waals surface area contributed by atoms with Crippen LogP contribution < -0.4 is 4.74 Å². The van der Waals surface area contributed by atoms with Gasteiger partial charge in [0.15, 0.2) is 11.5 Å². The molecule has 0 fully saturated rings. The fourth-order valence-corrected chi connectivity index (χ4v) is 3.31. The van der Waals surface area contributed by atoms with E-state index in [0.717, 1.165) is 21.8 Å². The van der Waals surface area contributed by atoms with Crippen molar-refractivity contribution >= 4 is 33.6 Å². The molecule has 0 saturated carbocycles. The second kappa shape index (κ2) is 4.84. The maximum atomic E-state index is 12.4. The summed E-state index contributed by atoms with van der Waals surface area (Å²) in [4.78, 5) is 27.4. The third-order valence-electron chi connectivity index (χ3n) is 4.41.